The Morgan fingerprint density at radius 1 is 0.846 bits per heavy atom. The van der Waals surface area contributed by atoms with E-state index in [0.717, 1.165) is 5.56 Å². The summed E-state index contributed by atoms with van der Waals surface area (Å²) < 4.78 is 38.5. The van der Waals surface area contributed by atoms with Crippen molar-refractivity contribution in [3.63, 3.8) is 0 Å². The Balaban J connectivity index is 1.75. The molecule has 0 aromatic heterocycles. The van der Waals surface area contributed by atoms with Crippen molar-refractivity contribution in [1.82, 2.24) is 0 Å². The predicted octanol–water partition coefficient (Wildman–Crippen LogP) is 4.60. The third kappa shape index (κ3) is 4.15. The van der Waals surface area contributed by atoms with E-state index in [9.17, 15) is 8.42 Å². The van der Waals surface area contributed by atoms with E-state index >= 15 is 0 Å². The molecule has 0 spiro atoms. The maximum atomic E-state index is 12.5. The van der Waals surface area contributed by atoms with E-state index < -0.39 is 10.0 Å². The molecule has 26 heavy (non-hydrogen) atoms. The molecule has 3 aromatic rings. The Kier molecular flexibility index (Phi) is 5.14. The lowest BCUT2D eigenvalue weighted by molar-refractivity contribution is 0.379. The zero-order valence-electron chi connectivity index (χ0n) is 14.5. The van der Waals surface area contributed by atoms with Gasteiger partial charge in [0, 0.05) is 5.69 Å². The second-order valence-corrected chi connectivity index (χ2v) is 7.38. The van der Waals surface area contributed by atoms with Crippen LogP contribution in [-0.4, -0.2) is 15.5 Å². The van der Waals surface area contributed by atoms with Gasteiger partial charge >= 0.3 is 0 Å². The number of ether oxygens (including phenoxy) is 2. The molecule has 3 aromatic carbocycles. The summed E-state index contributed by atoms with van der Waals surface area (Å²) in [5.74, 6) is 1.79. The average Bonchev–Trinajstić information content (AvgIpc) is 2.63. The second-order valence-electron chi connectivity index (χ2n) is 5.70. The summed E-state index contributed by atoms with van der Waals surface area (Å²) in [6, 6.07) is 20.8. The van der Waals surface area contributed by atoms with Gasteiger partial charge in [-0.05, 0) is 61.0 Å². The van der Waals surface area contributed by atoms with Crippen molar-refractivity contribution in [2.75, 3.05) is 11.8 Å². The van der Waals surface area contributed by atoms with Crippen LogP contribution in [0.3, 0.4) is 0 Å². The fourth-order valence-corrected chi connectivity index (χ4v) is 3.58. The molecule has 134 valence electrons. The summed E-state index contributed by atoms with van der Waals surface area (Å²) in [4.78, 5) is 0.229. The van der Waals surface area contributed by atoms with E-state index in [0.29, 0.717) is 22.9 Å². The third-order valence-electron chi connectivity index (χ3n) is 3.70. The number of para-hydroxylation sites is 2. The summed E-state index contributed by atoms with van der Waals surface area (Å²) in [5, 5.41) is 0. The van der Waals surface area contributed by atoms with Crippen LogP contribution in [0.5, 0.6) is 17.2 Å². The van der Waals surface area contributed by atoms with Crippen LogP contribution in [0.2, 0.25) is 0 Å². The average molecular weight is 369 g/mol. The highest BCUT2D eigenvalue weighted by Crippen LogP contribution is 2.31. The zero-order valence-corrected chi connectivity index (χ0v) is 15.3. The SMILES string of the molecule is COc1ccccc1Oc1ccc(NS(=O)(=O)c2cccc(C)c2)cc1. The number of rotatable bonds is 6. The molecule has 0 aliphatic rings. The van der Waals surface area contributed by atoms with Crippen molar-refractivity contribution in [1.29, 1.82) is 0 Å². The normalized spacial score (nSPS) is 11.0. The molecule has 0 unspecified atom stereocenters. The van der Waals surface area contributed by atoms with E-state index in [-0.39, 0.29) is 4.90 Å². The molecule has 0 amide bonds. The minimum Gasteiger partial charge on any atom is -0.493 e. The lowest BCUT2D eigenvalue weighted by Crippen LogP contribution is -2.12. The largest absolute Gasteiger partial charge is 0.493 e. The fraction of sp³-hybridized carbons (Fsp3) is 0.100. The highest BCUT2D eigenvalue weighted by molar-refractivity contribution is 7.92. The molecule has 5 nitrogen and oxygen atoms in total. The molecule has 6 heteroatoms. The first kappa shape index (κ1) is 17.8. The van der Waals surface area contributed by atoms with Crippen LogP contribution >= 0.6 is 0 Å². The molecule has 0 atom stereocenters. The van der Waals surface area contributed by atoms with Gasteiger partial charge in [0.2, 0.25) is 0 Å². The highest BCUT2D eigenvalue weighted by atomic mass is 32.2. The van der Waals surface area contributed by atoms with Crippen molar-refractivity contribution < 1.29 is 17.9 Å². The van der Waals surface area contributed by atoms with Crippen molar-refractivity contribution in [2.24, 2.45) is 0 Å². The van der Waals surface area contributed by atoms with Gasteiger partial charge in [-0.3, -0.25) is 4.72 Å². The number of aryl methyl sites for hydroxylation is 1. The summed E-state index contributed by atoms with van der Waals surface area (Å²) in [7, 11) is -2.05. The van der Waals surface area contributed by atoms with Crippen molar-refractivity contribution in [3.8, 4) is 17.2 Å². The van der Waals surface area contributed by atoms with Crippen molar-refractivity contribution in [3.05, 3.63) is 78.4 Å². The van der Waals surface area contributed by atoms with Crippen LogP contribution in [-0.2, 0) is 10.0 Å². The van der Waals surface area contributed by atoms with E-state index in [1.807, 2.05) is 25.1 Å². The highest BCUT2D eigenvalue weighted by Gasteiger charge is 2.14. The summed E-state index contributed by atoms with van der Waals surface area (Å²) in [5.41, 5.74) is 1.34. The van der Waals surface area contributed by atoms with Gasteiger partial charge in [0.1, 0.15) is 5.75 Å². The van der Waals surface area contributed by atoms with E-state index in [4.69, 9.17) is 9.47 Å². The van der Waals surface area contributed by atoms with Gasteiger partial charge in [-0.15, -0.1) is 0 Å². The number of hydrogen-bond donors (Lipinski definition) is 1. The topological polar surface area (TPSA) is 64.6 Å². The number of benzene rings is 3. The summed E-state index contributed by atoms with van der Waals surface area (Å²) >= 11 is 0. The van der Waals surface area contributed by atoms with Gasteiger partial charge in [0.25, 0.3) is 10.0 Å². The van der Waals surface area contributed by atoms with Gasteiger partial charge in [0.05, 0.1) is 12.0 Å². The van der Waals surface area contributed by atoms with Crippen molar-refractivity contribution in [2.45, 2.75) is 11.8 Å². The molecular weight excluding hydrogens is 350 g/mol. The molecule has 0 bridgehead atoms. The smallest absolute Gasteiger partial charge is 0.261 e. The van der Waals surface area contributed by atoms with Crippen LogP contribution < -0.4 is 14.2 Å². The number of hydrogen-bond acceptors (Lipinski definition) is 4. The number of methoxy groups -OCH3 is 1. The minimum absolute atomic E-state index is 0.229. The Bertz CT molecular complexity index is 998. The van der Waals surface area contributed by atoms with Crippen LogP contribution in [0.15, 0.2) is 77.7 Å². The van der Waals surface area contributed by atoms with Gasteiger partial charge in [0.15, 0.2) is 11.5 Å². The minimum atomic E-state index is -3.63. The molecule has 0 radical (unpaired) electrons. The Hall–Kier alpha value is -2.99. The quantitative estimate of drug-likeness (QED) is 0.690. The molecule has 3 rings (SSSR count). The molecule has 0 saturated carbocycles. The van der Waals surface area contributed by atoms with Crippen LogP contribution in [0.4, 0.5) is 5.69 Å². The standard InChI is InChI=1S/C20H19NO4S/c1-15-6-5-7-18(14-15)26(22,23)21-16-10-12-17(13-11-16)25-20-9-4-3-8-19(20)24-2/h3-14,21H,1-2H3. The zero-order chi connectivity index (χ0) is 18.6. The summed E-state index contributed by atoms with van der Waals surface area (Å²) in [6.45, 7) is 1.85. The molecule has 0 aliphatic heterocycles. The fourth-order valence-electron chi connectivity index (χ4n) is 2.42. The van der Waals surface area contributed by atoms with Gasteiger partial charge < -0.3 is 9.47 Å². The number of nitrogens with one attached hydrogen (secondary N) is 1. The first-order valence-corrected chi connectivity index (χ1v) is 9.47. The third-order valence-corrected chi connectivity index (χ3v) is 5.08. The monoisotopic (exact) mass is 369 g/mol. The Morgan fingerprint density at radius 3 is 2.19 bits per heavy atom. The van der Waals surface area contributed by atoms with Gasteiger partial charge in [-0.2, -0.15) is 0 Å². The van der Waals surface area contributed by atoms with Crippen LogP contribution in [0.1, 0.15) is 5.56 Å². The maximum Gasteiger partial charge on any atom is 0.261 e. The van der Waals surface area contributed by atoms with Gasteiger partial charge in [-0.25, -0.2) is 8.42 Å². The summed E-state index contributed by atoms with van der Waals surface area (Å²) in [6.07, 6.45) is 0. The Morgan fingerprint density at radius 2 is 1.54 bits per heavy atom. The van der Waals surface area contributed by atoms with Crippen molar-refractivity contribution >= 4 is 15.7 Å². The van der Waals surface area contributed by atoms with Gasteiger partial charge in [-0.1, -0.05) is 24.3 Å². The van der Waals surface area contributed by atoms with E-state index in [1.165, 1.54) is 0 Å². The molecule has 0 saturated heterocycles. The Labute approximate surface area is 153 Å². The molecule has 0 heterocycles. The van der Waals surface area contributed by atoms with Crippen LogP contribution in [0.25, 0.3) is 0 Å². The predicted molar refractivity (Wildman–Crippen MR) is 101 cm³/mol. The number of anilines is 1. The molecule has 0 fully saturated rings. The second kappa shape index (κ2) is 7.49. The molecule has 0 aliphatic carbocycles. The lowest BCUT2D eigenvalue weighted by atomic mass is 10.2. The lowest BCUT2D eigenvalue weighted by Gasteiger charge is -2.11. The van der Waals surface area contributed by atoms with E-state index in [1.54, 1.807) is 61.7 Å². The van der Waals surface area contributed by atoms with E-state index in [2.05, 4.69) is 4.72 Å². The maximum absolute atomic E-state index is 12.5. The first-order valence-electron chi connectivity index (χ1n) is 7.98. The first-order chi connectivity index (χ1) is 12.5. The number of sulfonamides is 1. The molecular formula is C20H19NO4S. The van der Waals surface area contributed by atoms with Crippen LogP contribution in [0, 0.1) is 6.92 Å². The molecule has 1 N–H and O–H groups in total.